The lowest BCUT2D eigenvalue weighted by Gasteiger charge is -2.09. The summed E-state index contributed by atoms with van der Waals surface area (Å²) in [5.41, 5.74) is 5.27. The molecule has 0 bridgehead atoms. The van der Waals surface area contributed by atoms with Crippen LogP contribution in [0.2, 0.25) is 0 Å². The third kappa shape index (κ3) is 2.44. The van der Waals surface area contributed by atoms with E-state index in [4.69, 9.17) is 0 Å². The molecule has 0 spiro atoms. The Labute approximate surface area is 156 Å². The second-order valence-corrected chi connectivity index (χ2v) is 6.62. The van der Waals surface area contributed by atoms with Gasteiger partial charge in [-0.3, -0.25) is 0 Å². The Hall–Kier alpha value is -3.72. The van der Waals surface area contributed by atoms with Crippen LogP contribution in [0.15, 0.2) is 91.0 Å². The van der Waals surface area contributed by atoms with Crippen molar-refractivity contribution in [3.05, 3.63) is 91.0 Å². The number of hydrogen-bond donors (Lipinski definition) is 2. The molecule has 0 amide bonds. The highest BCUT2D eigenvalue weighted by atomic mass is 16.3. The molecule has 1 aromatic heterocycles. The smallest absolute Gasteiger partial charge is 0.158 e. The fourth-order valence-corrected chi connectivity index (χ4v) is 3.71. The van der Waals surface area contributed by atoms with Gasteiger partial charge in [-0.25, -0.2) is 0 Å². The molecule has 0 unspecified atom stereocenters. The minimum atomic E-state index is -0.112. The second kappa shape index (κ2) is 5.92. The standard InChI is InChI=1S/C24H17NO2/c26-23-14-11-17(15-24(23)27)16-9-12-18(13-10-16)25-21-7-3-1-5-19(21)20-6-2-4-8-22(20)25/h1-15,26-27H. The van der Waals surface area contributed by atoms with Crippen LogP contribution >= 0.6 is 0 Å². The van der Waals surface area contributed by atoms with E-state index in [9.17, 15) is 10.2 Å². The first kappa shape index (κ1) is 15.5. The molecule has 130 valence electrons. The molecule has 0 aliphatic carbocycles. The van der Waals surface area contributed by atoms with Crippen molar-refractivity contribution < 1.29 is 10.2 Å². The molecule has 4 aromatic carbocycles. The van der Waals surface area contributed by atoms with Crippen LogP contribution in [-0.2, 0) is 0 Å². The molecular weight excluding hydrogens is 334 g/mol. The number of para-hydroxylation sites is 2. The van der Waals surface area contributed by atoms with Crippen LogP contribution in [0.4, 0.5) is 0 Å². The fourth-order valence-electron chi connectivity index (χ4n) is 3.71. The summed E-state index contributed by atoms with van der Waals surface area (Å²) in [5, 5.41) is 21.7. The first-order valence-corrected chi connectivity index (χ1v) is 8.83. The average Bonchev–Trinajstić information content (AvgIpc) is 3.05. The molecule has 0 aliphatic rings. The quantitative estimate of drug-likeness (QED) is 0.391. The number of aromatic nitrogens is 1. The SMILES string of the molecule is Oc1ccc(-c2ccc(-n3c4ccccc4c4ccccc43)cc2)cc1O. The van der Waals surface area contributed by atoms with E-state index in [1.54, 1.807) is 12.1 Å². The zero-order chi connectivity index (χ0) is 18.4. The van der Waals surface area contributed by atoms with Crippen LogP contribution in [-0.4, -0.2) is 14.8 Å². The minimum Gasteiger partial charge on any atom is -0.504 e. The molecule has 3 nitrogen and oxygen atoms in total. The number of phenols is 2. The summed E-state index contributed by atoms with van der Waals surface area (Å²) in [6.45, 7) is 0. The lowest BCUT2D eigenvalue weighted by molar-refractivity contribution is 0.404. The van der Waals surface area contributed by atoms with Crippen molar-refractivity contribution in [2.75, 3.05) is 0 Å². The highest BCUT2D eigenvalue weighted by Crippen LogP contribution is 2.34. The molecule has 0 aliphatic heterocycles. The number of fused-ring (bicyclic) bond motifs is 3. The maximum Gasteiger partial charge on any atom is 0.158 e. The Balaban J connectivity index is 1.68. The fraction of sp³-hybridized carbons (Fsp3) is 0. The minimum absolute atomic E-state index is 0.111. The van der Waals surface area contributed by atoms with Gasteiger partial charge in [0.25, 0.3) is 0 Å². The number of aromatic hydroxyl groups is 2. The first-order valence-electron chi connectivity index (χ1n) is 8.83. The number of benzene rings is 4. The van der Waals surface area contributed by atoms with E-state index in [1.807, 2.05) is 12.1 Å². The summed E-state index contributed by atoms with van der Waals surface area (Å²) in [6, 6.07) is 30.0. The lowest BCUT2D eigenvalue weighted by atomic mass is 10.0. The van der Waals surface area contributed by atoms with Crippen molar-refractivity contribution in [3.8, 4) is 28.3 Å². The maximum absolute atomic E-state index is 9.75. The number of rotatable bonds is 2. The van der Waals surface area contributed by atoms with Crippen molar-refractivity contribution in [1.29, 1.82) is 0 Å². The van der Waals surface area contributed by atoms with Gasteiger partial charge in [0.05, 0.1) is 11.0 Å². The predicted octanol–water partition coefficient (Wildman–Crippen LogP) is 5.86. The van der Waals surface area contributed by atoms with Gasteiger partial charge >= 0.3 is 0 Å². The average molecular weight is 351 g/mol. The summed E-state index contributed by atoms with van der Waals surface area (Å²) in [7, 11) is 0. The molecule has 0 saturated heterocycles. The van der Waals surface area contributed by atoms with Gasteiger partial charge in [-0.2, -0.15) is 0 Å². The van der Waals surface area contributed by atoms with E-state index in [0.717, 1.165) is 16.8 Å². The lowest BCUT2D eigenvalue weighted by Crippen LogP contribution is -1.93. The monoisotopic (exact) mass is 351 g/mol. The van der Waals surface area contributed by atoms with E-state index >= 15 is 0 Å². The molecule has 27 heavy (non-hydrogen) atoms. The highest BCUT2D eigenvalue weighted by Gasteiger charge is 2.11. The van der Waals surface area contributed by atoms with Gasteiger partial charge in [-0.15, -0.1) is 0 Å². The topological polar surface area (TPSA) is 45.4 Å². The van der Waals surface area contributed by atoms with E-state index in [0.29, 0.717) is 0 Å². The van der Waals surface area contributed by atoms with Crippen LogP contribution in [0.5, 0.6) is 11.5 Å². The van der Waals surface area contributed by atoms with Gasteiger partial charge in [0.1, 0.15) is 0 Å². The Bertz CT molecular complexity index is 1230. The third-order valence-corrected chi connectivity index (χ3v) is 5.01. The zero-order valence-electron chi connectivity index (χ0n) is 14.5. The van der Waals surface area contributed by atoms with Gasteiger partial charge in [-0.1, -0.05) is 54.6 Å². The Kier molecular flexibility index (Phi) is 3.41. The molecule has 0 atom stereocenters. The molecule has 0 radical (unpaired) electrons. The first-order chi connectivity index (χ1) is 13.2. The van der Waals surface area contributed by atoms with Crippen LogP contribution in [0.3, 0.4) is 0 Å². The maximum atomic E-state index is 9.75. The third-order valence-electron chi connectivity index (χ3n) is 5.01. The molecular formula is C24H17NO2. The Morgan fingerprint density at radius 1 is 0.519 bits per heavy atom. The van der Waals surface area contributed by atoms with Crippen molar-refractivity contribution in [3.63, 3.8) is 0 Å². The van der Waals surface area contributed by atoms with Crippen LogP contribution < -0.4 is 0 Å². The van der Waals surface area contributed by atoms with Crippen LogP contribution in [0, 0.1) is 0 Å². The van der Waals surface area contributed by atoms with E-state index in [2.05, 4.69) is 65.2 Å². The summed E-state index contributed by atoms with van der Waals surface area (Å²) in [4.78, 5) is 0. The van der Waals surface area contributed by atoms with Gasteiger partial charge < -0.3 is 14.8 Å². The van der Waals surface area contributed by atoms with Crippen LogP contribution in [0.25, 0.3) is 38.6 Å². The Morgan fingerprint density at radius 3 is 1.67 bits per heavy atom. The van der Waals surface area contributed by atoms with Gasteiger partial charge in [0, 0.05) is 16.5 Å². The summed E-state index contributed by atoms with van der Waals surface area (Å²) < 4.78 is 2.27. The summed E-state index contributed by atoms with van der Waals surface area (Å²) >= 11 is 0. The predicted molar refractivity (Wildman–Crippen MR) is 110 cm³/mol. The second-order valence-electron chi connectivity index (χ2n) is 6.62. The van der Waals surface area contributed by atoms with Crippen molar-refractivity contribution in [1.82, 2.24) is 4.57 Å². The normalized spacial score (nSPS) is 11.3. The molecule has 0 saturated carbocycles. The van der Waals surface area contributed by atoms with Crippen LogP contribution in [0.1, 0.15) is 0 Å². The number of hydrogen-bond acceptors (Lipinski definition) is 2. The van der Waals surface area contributed by atoms with Gasteiger partial charge in [0.15, 0.2) is 11.5 Å². The van der Waals surface area contributed by atoms with Gasteiger partial charge in [-0.05, 0) is 47.5 Å². The summed E-state index contributed by atoms with van der Waals surface area (Å²) in [5.74, 6) is -0.223. The zero-order valence-corrected chi connectivity index (χ0v) is 14.5. The highest BCUT2D eigenvalue weighted by molar-refractivity contribution is 6.09. The molecule has 3 heteroatoms. The van der Waals surface area contributed by atoms with E-state index in [1.165, 1.54) is 27.9 Å². The number of phenolic OH excluding ortho intramolecular Hbond substituents is 2. The van der Waals surface area contributed by atoms with E-state index < -0.39 is 0 Å². The Morgan fingerprint density at radius 2 is 1.07 bits per heavy atom. The molecule has 0 fully saturated rings. The van der Waals surface area contributed by atoms with Crippen molar-refractivity contribution >= 4 is 21.8 Å². The largest absolute Gasteiger partial charge is 0.504 e. The van der Waals surface area contributed by atoms with Crippen molar-refractivity contribution in [2.24, 2.45) is 0 Å². The number of nitrogens with zero attached hydrogens (tertiary/aromatic N) is 1. The molecule has 1 heterocycles. The van der Waals surface area contributed by atoms with Crippen molar-refractivity contribution in [2.45, 2.75) is 0 Å². The molecule has 2 N–H and O–H groups in total. The molecule has 5 aromatic rings. The summed E-state index contributed by atoms with van der Waals surface area (Å²) in [6.07, 6.45) is 0. The van der Waals surface area contributed by atoms with Gasteiger partial charge in [0.2, 0.25) is 0 Å². The van der Waals surface area contributed by atoms with E-state index in [-0.39, 0.29) is 11.5 Å². The molecule has 5 rings (SSSR count).